The van der Waals surface area contributed by atoms with Crippen molar-refractivity contribution in [2.45, 2.75) is 25.9 Å². The van der Waals surface area contributed by atoms with E-state index < -0.39 is 15.4 Å². The van der Waals surface area contributed by atoms with Gasteiger partial charge in [-0.1, -0.05) is 0 Å². The van der Waals surface area contributed by atoms with Crippen molar-refractivity contribution >= 4 is 15.7 Å². The standard InChI is InChI=1S/C13H24N2O4S/c1-13(2,17)10-14-4-6-15(7-5-14)12(16)11-3-8-20(18,19)9-11/h11,17H,3-10H2,1-2H3/t11-/m1/s1. The molecular weight excluding hydrogens is 280 g/mol. The van der Waals surface area contributed by atoms with Crippen molar-refractivity contribution in [3.8, 4) is 0 Å². The molecule has 2 saturated heterocycles. The molecule has 0 radical (unpaired) electrons. The predicted molar refractivity (Wildman–Crippen MR) is 76.1 cm³/mol. The van der Waals surface area contributed by atoms with Gasteiger partial charge in [0.25, 0.3) is 0 Å². The second kappa shape index (κ2) is 5.61. The summed E-state index contributed by atoms with van der Waals surface area (Å²) in [6, 6.07) is 0. The molecule has 0 aromatic carbocycles. The van der Waals surface area contributed by atoms with E-state index in [9.17, 15) is 18.3 Å². The molecule has 0 spiro atoms. The molecule has 2 aliphatic rings. The average molecular weight is 304 g/mol. The molecule has 0 aliphatic carbocycles. The maximum Gasteiger partial charge on any atom is 0.226 e. The van der Waals surface area contributed by atoms with Crippen molar-refractivity contribution in [1.29, 1.82) is 0 Å². The highest BCUT2D eigenvalue weighted by atomic mass is 32.2. The van der Waals surface area contributed by atoms with Crippen molar-refractivity contribution in [3.05, 3.63) is 0 Å². The van der Waals surface area contributed by atoms with Crippen molar-refractivity contribution in [2.75, 3.05) is 44.2 Å². The van der Waals surface area contributed by atoms with Crippen LogP contribution < -0.4 is 0 Å². The Kier molecular flexibility index (Phi) is 4.41. The van der Waals surface area contributed by atoms with Gasteiger partial charge < -0.3 is 10.0 Å². The Morgan fingerprint density at radius 3 is 2.30 bits per heavy atom. The van der Waals surface area contributed by atoms with Gasteiger partial charge in [-0.2, -0.15) is 0 Å². The lowest BCUT2D eigenvalue weighted by molar-refractivity contribution is -0.136. The predicted octanol–water partition coefficient (Wildman–Crippen LogP) is -0.664. The molecule has 2 aliphatic heterocycles. The number of hydrogen-bond donors (Lipinski definition) is 1. The number of carbonyl (C=O) groups excluding carboxylic acids is 1. The van der Waals surface area contributed by atoms with E-state index in [2.05, 4.69) is 4.90 Å². The number of nitrogens with zero attached hydrogens (tertiary/aromatic N) is 2. The number of piperazine rings is 1. The number of hydrogen-bond acceptors (Lipinski definition) is 5. The van der Waals surface area contributed by atoms with Crippen LogP contribution >= 0.6 is 0 Å². The van der Waals surface area contributed by atoms with Crippen molar-refractivity contribution < 1.29 is 18.3 Å². The molecule has 20 heavy (non-hydrogen) atoms. The summed E-state index contributed by atoms with van der Waals surface area (Å²) in [5.74, 6) is -0.215. The largest absolute Gasteiger partial charge is 0.389 e. The van der Waals surface area contributed by atoms with Gasteiger partial charge in [-0.05, 0) is 20.3 Å². The molecule has 116 valence electrons. The van der Waals surface area contributed by atoms with Crippen LogP contribution in [0.3, 0.4) is 0 Å². The molecule has 1 atom stereocenters. The third-order valence-electron chi connectivity index (χ3n) is 3.88. The van der Waals surface area contributed by atoms with Crippen molar-refractivity contribution in [1.82, 2.24) is 9.80 Å². The van der Waals surface area contributed by atoms with Crippen LogP contribution in [0.25, 0.3) is 0 Å². The first-order valence-corrected chi connectivity index (χ1v) is 8.92. The zero-order valence-corrected chi connectivity index (χ0v) is 13.0. The normalized spacial score (nSPS) is 27.8. The molecule has 0 aromatic rings. The van der Waals surface area contributed by atoms with Gasteiger partial charge in [0.15, 0.2) is 9.84 Å². The molecule has 0 unspecified atom stereocenters. The summed E-state index contributed by atoms with van der Waals surface area (Å²) in [5.41, 5.74) is -0.730. The number of aliphatic hydroxyl groups is 1. The summed E-state index contributed by atoms with van der Waals surface area (Å²) >= 11 is 0. The smallest absolute Gasteiger partial charge is 0.226 e. The number of amides is 1. The molecule has 6 nitrogen and oxygen atoms in total. The van der Waals surface area contributed by atoms with E-state index in [0.29, 0.717) is 26.1 Å². The first-order valence-electron chi connectivity index (χ1n) is 7.10. The van der Waals surface area contributed by atoms with Gasteiger partial charge in [-0.25, -0.2) is 8.42 Å². The fourth-order valence-corrected chi connectivity index (χ4v) is 4.65. The molecule has 2 fully saturated rings. The quantitative estimate of drug-likeness (QED) is 0.749. The first-order chi connectivity index (χ1) is 9.16. The van der Waals surface area contributed by atoms with Gasteiger partial charge >= 0.3 is 0 Å². The molecule has 0 aromatic heterocycles. The molecule has 0 saturated carbocycles. The Labute approximate surface area is 120 Å². The van der Waals surface area contributed by atoms with Gasteiger partial charge in [-0.3, -0.25) is 9.69 Å². The fraction of sp³-hybridized carbons (Fsp3) is 0.923. The number of rotatable bonds is 3. The first kappa shape index (κ1) is 15.7. The van der Waals surface area contributed by atoms with Crippen LogP contribution in [0.5, 0.6) is 0 Å². The van der Waals surface area contributed by atoms with E-state index in [1.54, 1.807) is 18.7 Å². The Balaban J connectivity index is 1.83. The lowest BCUT2D eigenvalue weighted by Gasteiger charge is -2.38. The van der Waals surface area contributed by atoms with E-state index in [4.69, 9.17) is 0 Å². The second-order valence-corrected chi connectivity index (χ2v) is 8.74. The van der Waals surface area contributed by atoms with Gasteiger partial charge in [0.1, 0.15) is 0 Å². The third-order valence-corrected chi connectivity index (χ3v) is 5.64. The Hall–Kier alpha value is -0.660. The summed E-state index contributed by atoms with van der Waals surface area (Å²) in [7, 11) is -3.00. The average Bonchev–Trinajstić information content (AvgIpc) is 2.68. The molecule has 2 rings (SSSR count). The molecule has 2 heterocycles. The summed E-state index contributed by atoms with van der Waals surface area (Å²) in [5, 5.41) is 9.79. The zero-order valence-electron chi connectivity index (χ0n) is 12.2. The van der Waals surface area contributed by atoms with Crippen LogP contribution in [0.4, 0.5) is 0 Å². The van der Waals surface area contributed by atoms with Crippen LogP contribution in [0.15, 0.2) is 0 Å². The maximum absolute atomic E-state index is 12.3. The van der Waals surface area contributed by atoms with E-state index in [-0.39, 0.29) is 23.3 Å². The van der Waals surface area contributed by atoms with Crippen molar-refractivity contribution in [2.24, 2.45) is 5.92 Å². The van der Waals surface area contributed by atoms with Gasteiger partial charge in [0.2, 0.25) is 5.91 Å². The van der Waals surface area contributed by atoms with Gasteiger partial charge in [0, 0.05) is 32.7 Å². The number of carbonyl (C=O) groups is 1. The van der Waals surface area contributed by atoms with Crippen LogP contribution in [-0.4, -0.2) is 79.1 Å². The summed E-state index contributed by atoms with van der Waals surface area (Å²) in [6.07, 6.45) is 0.463. The van der Waals surface area contributed by atoms with E-state index in [1.807, 2.05) is 0 Å². The van der Waals surface area contributed by atoms with Crippen LogP contribution in [0.2, 0.25) is 0 Å². The second-order valence-electron chi connectivity index (χ2n) is 6.51. The summed E-state index contributed by atoms with van der Waals surface area (Å²) < 4.78 is 22.9. The van der Waals surface area contributed by atoms with Gasteiger partial charge in [0.05, 0.1) is 23.0 Å². The van der Waals surface area contributed by atoms with Crippen LogP contribution in [0, 0.1) is 5.92 Å². The zero-order chi connectivity index (χ0) is 15.0. The monoisotopic (exact) mass is 304 g/mol. The summed E-state index contributed by atoms with van der Waals surface area (Å²) in [6.45, 7) is 6.83. The SMILES string of the molecule is CC(C)(O)CN1CCN(C(=O)[C@@H]2CCS(=O)(=O)C2)CC1. The molecule has 1 N–H and O–H groups in total. The highest BCUT2D eigenvalue weighted by Gasteiger charge is 2.36. The highest BCUT2D eigenvalue weighted by molar-refractivity contribution is 7.91. The fourth-order valence-electron chi connectivity index (χ4n) is 2.92. The van der Waals surface area contributed by atoms with Crippen molar-refractivity contribution in [3.63, 3.8) is 0 Å². The maximum atomic E-state index is 12.3. The molecule has 1 amide bonds. The number of β-amino-alcohol motifs (C(OH)–C–C–N with tert-alkyl or cyclic N) is 1. The number of sulfone groups is 1. The minimum absolute atomic E-state index is 0.00964. The Morgan fingerprint density at radius 1 is 1.25 bits per heavy atom. The van der Waals surface area contributed by atoms with E-state index in [0.717, 1.165) is 13.1 Å². The van der Waals surface area contributed by atoms with Gasteiger partial charge in [-0.15, -0.1) is 0 Å². The van der Waals surface area contributed by atoms with E-state index >= 15 is 0 Å². The third kappa shape index (κ3) is 4.17. The Morgan fingerprint density at radius 2 is 1.85 bits per heavy atom. The lowest BCUT2D eigenvalue weighted by Crippen LogP contribution is -2.53. The van der Waals surface area contributed by atoms with Crippen LogP contribution in [-0.2, 0) is 14.6 Å². The minimum atomic E-state index is -3.00. The topological polar surface area (TPSA) is 77.9 Å². The van der Waals surface area contributed by atoms with E-state index in [1.165, 1.54) is 0 Å². The highest BCUT2D eigenvalue weighted by Crippen LogP contribution is 2.21. The molecular formula is C13H24N2O4S. The minimum Gasteiger partial charge on any atom is -0.389 e. The van der Waals surface area contributed by atoms with Crippen LogP contribution in [0.1, 0.15) is 20.3 Å². The lowest BCUT2D eigenvalue weighted by atomic mass is 10.1. The molecule has 7 heteroatoms. The molecule has 0 bridgehead atoms. The summed E-state index contributed by atoms with van der Waals surface area (Å²) in [4.78, 5) is 16.2. The Bertz CT molecular complexity index is 461.